The monoisotopic (exact) mass is 193 g/mol. The SMILES string of the molecule is CCCn1c(CC)nc2c1CCNC2. The zero-order valence-electron chi connectivity index (χ0n) is 9.14. The second kappa shape index (κ2) is 4.13. The molecule has 14 heavy (non-hydrogen) atoms. The maximum absolute atomic E-state index is 4.69. The first kappa shape index (κ1) is 9.71. The molecule has 0 aliphatic carbocycles. The topological polar surface area (TPSA) is 29.9 Å². The summed E-state index contributed by atoms with van der Waals surface area (Å²) in [5, 5.41) is 3.37. The Morgan fingerprint density at radius 2 is 2.29 bits per heavy atom. The van der Waals surface area contributed by atoms with Gasteiger partial charge in [-0.3, -0.25) is 0 Å². The van der Waals surface area contributed by atoms with E-state index in [4.69, 9.17) is 0 Å². The highest BCUT2D eigenvalue weighted by molar-refractivity contribution is 5.20. The lowest BCUT2D eigenvalue weighted by atomic mass is 10.2. The lowest BCUT2D eigenvalue weighted by molar-refractivity contribution is 0.572. The smallest absolute Gasteiger partial charge is 0.108 e. The predicted octanol–water partition coefficient (Wildman–Crippen LogP) is 1.50. The van der Waals surface area contributed by atoms with Gasteiger partial charge in [0.25, 0.3) is 0 Å². The van der Waals surface area contributed by atoms with Gasteiger partial charge in [0, 0.05) is 38.2 Å². The van der Waals surface area contributed by atoms with Crippen molar-refractivity contribution in [2.75, 3.05) is 6.54 Å². The molecule has 0 amide bonds. The van der Waals surface area contributed by atoms with Crippen LogP contribution in [0, 0.1) is 0 Å². The lowest BCUT2D eigenvalue weighted by Crippen LogP contribution is -2.25. The Balaban J connectivity index is 2.37. The number of rotatable bonds is 3. The number of nitrogens with one attached hydrogen (secondary N) is 1. The third-order valence-electron chi connectivity index (χ3n) is 2.83. The molecule has 0 bridgehead atoms. The fourth-order valence-electron chi connectivity index (χ4n) is 2.18. The molecule has 0 aromatic carbocycles. The largest absolute Gasteiger partial charge is 0.332 e. The zero-order valence-corrected chi connectivity index (χ0v) is 9.14. The molecule has 1 N–H and O–H groups in total. The first-order valence-electron chi connectivity index (χ1n) is 5.64. The molecule has 78 valence electrons. The van der Waals surface area contributed by atoms with Crippen LogP contribution in [0.25, 0.3) is 0 Å². The molecule has 3 nitrogen and oxygen atoms in total. The van der Waals surface area contributed by atoms with Crippen molar-refractivity contribution in [3.63, 3.8) is 0 Å². The zero-order chi connectivity index (χ0) is 9.97. The fourth-order valence-corrected chi connectivity index (χ4v) is 2.18. The molecule has 1 aromatic heterocycles. The van der Waals surface area contributed by atoms with Crippen LogP contribution in [-0.4, -0.2) is 16.1 Å². The number of nitrogens with zero attached hydrogens (tertiary/aromatic N) is 2. The van der Waals surface area contributed by atoms with Crippen LogP contribution in [0.4, 0.5) is 0 Å². The molecular formula is C11H19N3. The summed E-state index contributed by atoms with van der Waals surface area (Å²) in [5.74, 6) is 1.26. The summed E-state index contributed by atoms with van der Waals surface area (Å²) in [6, 6.07) is 0. The van der Waals surface area contributed by atoms with Gasteiger partial charge in [-0.1, -0.05) is 13.8 Å². The second-order valence-corrected chi connectivity index (χ2v) is 3.85. The molecule has 3 heteroatoms. The van der Waals surface area contributed by atoms with Crippen molar-refractivity contribution in [2.45, 2.75) is 46.2 Å². The van der Waals surface area contributed by atoms with Gasteiger partial charge in [-0.2, -0.15) is 0 Å². The van der Waals surface area contributed by atoms with Gasteiger partial charge in [0.1, 0.15) is 5.82 Å². The Hall–Kier alpha value is -0.830. The highest BCUT2D eigenvalue weighted by Gasteiger charge is 2.17. The van der Waals surface area contributed by atoms with Crippen LogP contribution in [0.5, 0.6) is 0 Å². The Morgan fingerprint density at radius 1 is 1.43 bits per heavy atom. The van der Waals surface area contributed by atoms with E-state index in [1.54, 1.807) is 0 Å². The number of aryl methyl sites for hydroxylation is 1. The minimum absolute atomic E-state index is 0.957. The molecule has 2 heterocycles. The Bertz CT molecular complexity index is 315. The van der Waals surface area contributed by atoms with Crippen LogP contribution < -0.4 is 5.32 Å². The van der Waals surface area contributed by atoms with E-state index < -0.39 is 0 Å². The maximum Gasteiger partial charge on any atom is 0.108 e. The Labute approximate surface area is 85.5 Å². The van der Waals surface area contributed by atoms with Crippen molar-refractivity contribution in [2.24, 2.45) is 0 Å². The van der Waals surface area contributed by atoms with E-state index in [1.807, 2.05) is 0 Å². The first-order valence-corrected chi connectivity index (χ1v) is 5.64. The van der Waals surface area contributed by atoms with Crippen LogP contribution >= 0.6 is 0 Å². The van der Waals surface area contributed by atoms with E-state index in [0.29, 0.717) is 0 Å². The molecule has 1 aliphatic rings. The normalized spacial score (nSPS) is 15.6. The molecule has 0 unspecified atom stereocenters. The minimum atomic E-state index is 0.957. The standard InChI is InChI=1S/C11H19N3/c1-3-7-14-10-5-6-12-8-9(10)13-11(14)4-2/h12H,3-8H2,1-2H3. The third kappa shape index (κ3) is 1.57. The molecule has 0 saturated carbocycles. The van der Waals surface area contributed by atoms with Gasteiger partial charge in [0.05, 0.1) is 5.69 Å². The summed E-state index contributed by atoms with van der Waals surface area (Å²) in [5.41, 5.74) is 2.75. The molecule has 2 rings (SSSR count). The molecular weight excluding hydrogens is 174 g/mol. The number of hydrogen-bond acceptors (Lipinski definition) is 2. The van der Waals surface area contributed by atoms with Crippen LogP contribution in [0.15, 0.2) is 0 Å². The van der Waals surface area contributed by atoms with Crippen molar-refractivity contribution >= 4 is 0 Å². The van der Waals surface area contributed by atoms with Crippen LogP contribution in [0.3, 0.4) is 0 Å². The van der Waals surface area contributed by atoms with Gasteiger partial charge in [0.2, 0.25) is 0 Å². The van der Waals surface area contributed by atoms with Crippen molar-refractivity contribution in [3.05, 3.63) is 17.2 Å². The Morgan fingerprint density at radius 3 is 3.00 bits per heavy atom. The molecule has 0 fully saturated rings. The van der Waals surface area contributed by atoms with Crippen LogP contribution in [0.2, 0.25) is 0 Å². The number of hydrogen-bond donors (Lipinski definition) is 1. The fraction of sp³-hybridized carbons (Fsp3) is 0.727. The van der Waals surface area contributed by atoms with Gasteiger partial charge in [-0.15, -0.1) is 0 Å². The summed E-state index contributed by atoms with van der Waals surface area (Å²) < 4.78 is 2.43. The average Bonchev–Trinajstić information content (AvgIpc) is 2.58. The predicted molar refractivity (Wildman–Crippen MR) is 57.3 cm³/mol. The maximum atomic E-state index is 4.69. The van der Waals surface area contributed by atoms with Crippen molar-refractivity contribution in [1.82, 2.24) is 14.9 Å². The van der Waals surface area contributed by atoms with Gasteiger partial charge < -0.3 is 9.88 Å². The Kier molecular flexibility index (Phi) is 2.87. The third-order valence-corrected chi connectivity index (χ3v) is 2.83. The average molecular weight is 193 g/mol. The lowest BCUT2D eigenvalue weighted by Gasteiger charge is -2.15. The van der Waals surface area contributed by atoms with E-state index in [9.17, 15) is 0 Å². The quantitative estimate of drug-likeness (QED) is 0.788. The van der Waals surface area contributed by atoms with Crippen molar-refractivity contribution in [3.8, 4) is 0 Å². The first-order chi connectivity index (χ1) is 6.86. The summed E-state index contributed by atoms with van der Waals surface area (Å²) >= 11 is 0. The molecule has 1 aromatic rings. The van der Waals surface area contributed by atoms with Gasteiger partial charge >= 0.3 is 0 Å². The molecule has 0 radical (unpaired) electrons. The highest BCUT2D eigenvalue weighted by Crippen LogP contribution is 2.16. The number of aromatic nitrogens is 2. The van der Waals surface area contributed by atoms with Gasteiger partial charge in [0.15, 0.2) is 0 Å². The summed E-state index contributed by atoms with van der Waals surface area (Å²) in [7, 11) is 0. The van der Waals surface area contributed by atoms with Gasteiger partial charge in [-0.25, -0.2) is 4.98 Å². The number of imidazole rings is 1. The summed E-state index contributed by atoms with van der Waals surface area (Å²) in [4.78, 5) is 4.69. The summed E-state index contributed by atoms with van der Waals surface area (Å²) in [6.07, 6.45) is 3.39. The summed E-state index contributed by atoms with van der Waals surface area (Å²) in [6.45, 7) is 7.61. The van der Waals surface area contributed by atoms with Crippen molar-refractivity contribution in [1.29, 1.82) is 0 Å². The minimum Gasteiger partial charge on any atom is -0.332 e. The molecule has 1 aliphatic heterocycles. The number of fused-ring (bicyclic) bond motifs is 1. The van der Waals surface area contributed by atoms with E-state index in [2.05, 4.69) is 28.7 Å². The molecule has 0 atom stereocenters. The van der Waals surface area contributed by atoms with E-state index in [-0.39, 0.29) is 0 Å². The van der Waals surface area contributed by atoms with Crippen LogP contribution in [-0.2, 0) is 25.9 Å². The van der Waals surface area contributed by atoms with E-state index in [1.165, 1.54) is 23.6 Å². The van der Waals surface area contributed by atoms with E-state index in [0.717, 1.165) is 32.5 Å². The van der Waals surface area contributed by atoms with Crippen LogP contribution in [0.1, 0.15) is 37.5 Å². The molecule has 0 spiro atoms. The van der Waals surface area contributed by atoms with Gasteiger partial charge in [-0.05, 0) is 6.42 Å². The highest BCUT2D eigenvalue weighted by atomic mass is 15.1. The van der Waals surface area contributed by atoms with E-state index >= 15 is 0 Å². The molecule has 0 saturated heterocycles. The second-order valence-electron chi connectivity index (χ2n) is 3.85. The van der Waals surface area contributed by atoms with Crippen molar-refractivity contribution < 1.29 is 0 Å².